The topological polar surface area (TPSA) is 86.8 Å². The van der Waals surface area contributed by atoms with Crippen LogP contribution in [0.1, 0.15) is 38.3 Å². The maximum atomic E-state index is 13.5. The molecule has 0 saturated heterocycles. The highest BCUT2D eigenvalue weighted by Crippen LogP contribution is 2.20. The van der Waals surface area contributed by atoms with E-state index in [1.165, 1.54) is 4.90 Å². The van der Waals surface area contributed by atoms with E-state index in [-0.39, 0.29) is 18.5 Å². The molecule has 2 aromatic rings. The summed E-state index contributed by atoms with van der Waals surface area (Å²) in [5, 5.41) is 2.92. The molecule has 7 nitrogen and oxygen atoms in total. The summed E-state index contributed by atoms with van der Waals surface area (Å²) in [5.41, 5.74) is 2.34. The van der Waals surface area contributed by atoms with Gasteiger partial charge in [-0.05, 0) is 79.6 Å². The van der Waals surface area contributed by atoms with Crippen LogP contribution in [0, 0.1) is 10.5 Å². The van der Waals surface area contributed by atoms with Gasteiger partial charge in [-0.1, -0.05) is 36.8 Å². The molecule has 0 saturated carbocycles. The van der Waals surface area contributed by atoms with E-state index in [9.17, 15) is 18.0 Å². The zero-order chi connectivity index (χ0) is 24.8. The number of sulfonamides is 1. The fourth-order valence-electron chi connectivity index (χ4n) is 3.16. The van der Waals surface area contributed by atoms with Crippen LogP contribution in [0.3, 0.4) is 0 Å². The summed E-state index contributed by atoms with van der Waals surface area (Å²) in [6.45, 7) is 7.30. The highest BCUT2D eigenvalue weighted by atomic mass is 127. The Kier molecular flexibility index (Phi) is 9.71. The van der Waals surface area contributed by atoms with E-state index >= 15 is 0 Å². The van der Waals surface area contributed by atoms with Crippen LogP contribution in [-0.2, 0) is 26.2 Å². The third-order valence-electron chi connectivity index (χ3n) is 5.44. The molecule has 33 heavy (non-hydrogen) atoms. The normalized spacial score (nSPS) is 13.2. The molecule has 0 bridgehead atoms. The summed E-state index contributed by atoms with van der Waals surface area (Å²) in [6, 6.07) is 13.8. The highest BCUT2D eigenvalue weighted by Gasteiger charge is 2.30. The molecule has 0 radical (unpaired) electrons. The number of anilines is 1. The van der Waals surface area contributed by atoms with Gasteiger partial charge < -0.3 is 10.2 Å². The first kappa shape index (κ1) is 27.1. The fourth-order valence-corrected chi connectivity index (χ4v) is 4.37. The van der Waals surface area contributed by atoms with Gasteiger partial charge >= 0.3 is 0 Å². The number of carbonyl (C=O) groups is 2. The number of amides is 2. The number of rotatable bonds is 10. The van der Waals surface area contributed by atoms with Crippen LogP contribution < -0.4 is 9.62 Å². The minimum Gasteiger partial charge on any atom is -0.352 e. The van der Waals surface area contributed by atoms with Crippen LogP contribution in [-0.4, -0.2) is 50.0 Å². The van der Waals surface area contributed by atoms with Gasteiger partial charge in [0.15, 0.2) is 0 Å². The molecule has 2 aromatic carbocycles. The monoisotopic (exact) mass is 585 g/mol. The highest BCUT2D eigenvalue weighted by molar-refractivity contribution is 14.1. The Morgan fingerprint density at radius 2 is 1.61 bits per heavy atom. The summed E-state index contributed by atoms with van der Waals surface area (Å²) >= 11 is 2.13. The van der Waals surface area contributed by atoms with Gasteiger partial charge in [0, 0.05) is 16.2 Å². The molecule has 0 aromatic heterocycles. The molecule has 0 heterocycles. The summed E-state index contributed by atoms with van der Waals surface area (Å²) in [4.78, 5) is 27.7. The van der Waals surface area contributed by atoms with E-state index in [1.54, 1.807) is 31.2 Å². The van der Waals surface area contributed by atoms with Crippen molar-refractivity contribution in [2.24, 2.45) is 0 Å². The van der Waals surface area contributed by atoms with Crippen molar-refractivity contribution in [1.29, 1.82) is 0 Å². The van der Waals surface area contributed by atoms with Crippen LogP contribution in [0.2, 0.25) is 0 Å². The summed E-state index contributed by atoms with van der Waals surface area (Å²) in [6.07, 6.45) is 1.83. The molecule has 0 spiro atoms. The van der Waals surface area contributed by atoms with Crippen molar-refractivity contribution in [2.45, 2.75) is 52.7 Å². The Bertz CT molecular complexity index is 1060. The molecule has 1 N–H and O–H groups in total. The fraction of sp³-hybridized carbons (Fsp3) is 0.417. The molecule has 9 heteroatoms. The smallest absolute Gasteiger partial charge is 0.244 e. The van der Waals surface area contributed by atoms with Crippen LogP contribution >= 0.6 is 22.6 Å². The first-order chi connectivity index (χ1) is 15.4. The van der Waals surface area contributed by atoms with Crippen LogP contribution in [0.15, 0.2) is 48.5 Å². The number of halogens is 1. The van der Waals surface area contributed by atoms with E-state index in [2.05, 4.69) is 27.9 Å². The van der Waals surface area contributed by atoms with Gasteiger partial charge in [0.05, 0.1) is 11.9 Å². The van der Waals surface area contributed by atoms with E-state index in [0.717, 1.165) is 31.7 Å². The predicted octanol–water partition coefficient (Wildman–Crippen LogP) is 3.70. The second-order valence-corrected chi connectivity index (χ2v) is 11.4. The lowest BCUT2D eigenvalue weighted by atomic mass is 10.1. The number of benzene rings is 2. The molecule has 0 aliphatic carbocycles. The van der Waals surface area contributed by atoms with Crippen molar-refractivity contribution in [3.63, 3.8) is 0 Å². The van der Waals surface area contributed by atoms with Crippen molar-refractivity contribution >= 4 is 50.1 Å². The van der Waals surface area contributed by atoms with Crippen molar-refractivity contribution in [3.05, 3.63) is 63.2 Å². The Morgan fingerprint density at radius 3 is 2.12 bits per heavy atom. The van der Waals surface area contributed by atoms with Crippen molar-refractivity contribution in [2.75, 3.05) is 17.1 Å². The SMILES string of the molecule is CC[C@H](C)NC(=O)[C@@H](C)N(Cc1ccc(C)cc1)C(=O)CN(c1ccc(I)cc1)S(C)(=O)=O. The van der Waals surface area contributed by atoms with Crippen LogP contribution in [0.4, 0.5) is 5.69 Å². The first-order valence-corrected chi connectivity index (χ1v) is 13.7. The Morgan fingerprint density at radius 1 is 1.03 bits per heavy atom. The van der Waals surface area contributed by atoms with Gasteiger partial charge in [-0.25, -0.2) is 8.42 Å². The molecule has 2 atom stereocenters. The average molecular weight is 586 g/mol. The minimum absolute atomic E-state index is 0.0319. The second-order valence-electron chi connectivity index (χ2n) is 8.25. The van der Waals surface area contributed by atoms with Gasteiger partial charge in [0.2, 0.25) is 21.8 Å². The Labute approximate surface area is 210 Å². The van der Waals surface area contributed by atoms with E-state index in [1.807, 2.05) is 45.0 Å². The van der Waals surface area contributed by atoms with Crippen LogP contribution in [0.5, 0.6) is 0 Å². The number of hydrogen-bond acceptors (Lipinski definition) is 4. The van der Waals surface area contributed by atoms with Gasteiger partial charge in [-0.15, -0.1) is 0 Å². The average Bonchev–Trinajstić information content (AvgIpc) is 2.76. The quantitative estimate of drug-likeness (QED) is 0.431. The Hall–Kier alpha value is -2.14. The first-order valence-electron chi connectivity index (χ1n) is 10.8. The predicted molar refractivity (Wildman–Crippen MR) is 140 cm³/mol. The van der Waals surface area contributed by atoms with Crippen molar-refractivity contribution < 1.29 is 18.0 Å². The standard InChI is InChI=1S/C24H32IN3O4S/c1-6-18(3)26-24(30)19(4)27(15-20-9-7-17(2)8-10-20)23(29)16-28(33(5,31)32)22-13-11-21(25)12-14-22/h7-14,18-19H,6,15-16H2,1-5H3,(H,26,30)/t18-,19+/m0/s1. The van der Waals surface area contributed by atoms with Gasteiger partial charge in [-0.2, -0.15) is 0 Å². The van der Waals surface area contributed by atoms with Gasteiger partial charge in [0.1, 0.15) is 12.6 Å². The van der Waals surface area contributed by atoms with Crippen molar-refractivity contribution in [3.8, 4) is 0 Å². The summed E-state index contributed by atoms with van der Waals surface area (Å²) < 4.78 is 27.1. The minimum atomic E-state index is -3.72. The van der Waals surface area contributed by atoms with E-state index in [0.29, 0.717) is 5.69 Å². The van der Waals surface area contributed by atoms with Gasteiger partial charge in [-0.3, -0.25) is 13.9 Å². The number of aryl methyl sites for hydroxylation is 1. The maximum Gasteiger partial charge on any atom is 0.244 e. The van der Waals surface area contributed by atoms with Crippen LogP contribution in [0.25, 0.3) is 0 Å². The lowest BCUT2D eigenvalue weighted by Crippen LogP contribution is -2.52. The lowest BCUT2D eigenvalue weighted by molar-refractivity contribution is -0.139. The molecule has 0 aliphatic rings. The molecule has 0 aliphatic heterocycles. The third-order valence-corrected chi connectivity index (χ3v) is 7.30. The molecule has 0 fully saturated rings. The molecular weight excluding hydrogens is 553 g/mol. The number of nitrogens with zero attached hydrogens (tertiary/aromatic N) is 2. The van der Waals surface area contributed by atoms with E-state index < -0.39 is 28.5 Å². The number of nitrogens with one attached hydrogen (secondary N) is 1. The lowest BCUT2D eigenvalue weighted by Gasteiger charge is -2.32. The largest absolute Gasteiger partial charge is 0.352 e. The molecule has 0 unspecified atom stereocenters. The maximum absolute atomic E-state index is 13.5. The number of carbonyl (C=O) groups excluding carboxylic acids is 2. The second kappa shape index (κ2) is 11.8. The zero-order valence-corrected chi connectivity index (χ0v) is 22.7. The van der Waals surface area contributed by atoms with Gasteiger partial charge in [0.25, 0.3) is 0 Å². The number of hydrogen-bond donors (Lipinski definition) is 1. The molecule has 2 rings (SSSR count). The van der Waals surface area contributed by atoms with E-state index in [4.69, 9.17) is 0 Å². The Balaban J connectivity index is 2.36. The zero-order valence-electron chi connectivity index (χ0n) is 19.7. The molecule has 2 amide bonds. The molecule has 180 valence electrons. The summed E-state index contributed by atoms with van der Waals surface area (Å²) in [7, 11) is -3.72. The van der Waals surface area contributed by atoms with Crippen molar-refractivity contribution in [1.82, 2.24) is 10.2 Å². The molecular formula is C24H32IN3O4S. The summed E-state index contributed by atoms with van der Waals surface area (Å²) in [5.74, 6) is -0.726. The third kappa shape index (κ3) is 7.99.